The van der Waals surface area contributed by atoms with Gasteiger partial charge in [0.25, 0.3) is 0 Å². The van der Waals surface area contributed by atoms with Crippen LogP contribution in [0.5, 0.6) is 0 Å². The van der Waals surface area contributed by atoms with E-state index in [9.17, 15) is 0 Å². The molecule has 0 saturated heterocycles. The molecule has 0 radical (unpaired) electrons. The van der Waals surface area contributed by atoms with Gasteiger partial charge in [-0.05, 0) is 19.8 Å². The number of rotatable bonds is 6. The first-order valence-electron chi connectivity index (χ1n) is 5.99. The van der Waals surface area contributed by atoms with Gasteiger partial charge in [0.15, 0.2) is 6.29 Å². The topological polar surface area (TPSA) is 56.3 Å². The molecule has 0 bridgehead atoms. The molecule has 1 aliphatic rings. The zero-order valence-corrected chi connectivity index (χ0v) is 11.6. The molecule has 6 heteroatoms. The number of nitrogens with zero attached hydrogens (tertiary/aromatic N) is 2. The molecule has 1 aromatic rings. The van der Waals surface area contributed by atoms with E-state index in [0.29, 0.717) is 17.6 Å². The van der Waals surface area contributed by atoms with Crippen molar-refractivity contribution in [1.82, 2.24) is 9.97 Å². The fraction of sp³-hybridized carbons (Fsp3) is 0.667. The lowest BCUT2D eigenvalue weighted by Crippen LogP contribution is -2.24. The smallest absolute Gasteiger partial charge is 0.173 e. The summed E-state index contributed by atoms with van der Waals surface area (Å²) in [6, 6.07) is 0. The summed E-state index contributed by atoms with van der Waals surface area (Å²) in [6.07, 6.45) is 2.00. The molecule has 0 spiro atoms. The Hall–Kier alpha value is -0.910. The predicted molar refractivity (Wildman–Crippen MR) is 70.0 cm³/mol. The normalized spacial score (nSPS) is 15.2. The van der Waals surface area contributed by atoms with Crippen molar-refractivity contribution in [3.8, 4) is 0 Å². The Morgan fingerprint density at radius 1 is 1.33 bits per heavy atom. The van der Waals surface area contributed by atoms with E-state index in [0.717, 1.165) is 30.0 Å². The Bertz CT molecular complexity index is 420. The summed E-state index contributed by atoms with van der Waals surface area (Å²) in [5.41, 5.74) is 0.854. The van der Waals surface area contributed by atoms with Gasteiger partial charge in [0.1, 0.15) is 16.8 Å². The summed E-state index contributed by atoms with van der Waals surface area (Å²) in [7, 11) is 3.20. The van der Waals surface area contributed by atoms with E-state index in [1.165, 1.54) is 0 Å². The van der Waals surface area contributed by atoms with Crippen LogP contribution in [0.3, 0.4) is 0 Å². The Morgan fingerprint density at radius 3 is 2.56 bits per heavy atom. The summed E-state index contributed by atoms with van der Waals surface area (Å²) in [6.45, 7) is 2.42. The third-order valence-corrected chi connectivity index (χ3v) is 3.38. The SMILES string of the molecule is COC(CNc1nc(C2CC2)nc(Cl)c1C)OC. The first kappa shape index (κ1) is 13.5. The van der Waals surface area contributed by atoms with Gasteiger partial charge in [-0.15, -0.1) is 0 Å². The van der Waals surface area contributed by atoms with Gasteiger partial charge < -0.3 is 14.8 Å². The van der Waals surface area contributed by atoms with Crippen molar-refractivity contribution < 1.29 is 9.47 Å². The Kier molecular flexibility index (Phi) is 4.37. The number of halogens is 1. The lowest BCUT2D eigenvalue weighted by molar-refractivity contribution is -0.0914. The lowest BCUT2D eigenvalue weighted by Gasteiger charge is -2.16. The predicted octanol–water partition coefficient (Wildman–Crippen LogP) is 2.35. The second-order valence-corrected chi connectivity index (χ2v) is 4.76. The highest BCUT2D eigenvalue weighted by Crippen LogP contribution is 2.39. The highest BCUT2D eigenvalue weighted by molar-refractivity contribution is 6.30. The number of hydrogen-bond donors (Lipinski definition) is 1. The molecule has 0 amide bonds. The van der Waals surface area contributed by atoms with Crippen LogP contribution in [0.4, 0.5) is 5.82 Å². The molecule has 100 valence electrons. The minimum absolute atomic E-state index is 0.303. The average Bonchev–Trinajstić information content (AvgIpc) is 3.19. The first-order chi connectivity index (χ1) is 8.65. The quantitative estimate of drug-likeness (QED) is 0.636. The van der Waals surface area contributed by atoms with Crippen LogP contribution in [0.1, 0.15) is 30.1 Å². The highest BCUT2D eigenvalue weighted by Gasteiger charge is 2.28. The lowest BCUT2D eigenvalue weighted by atomic mass is 10.3. The minimum atomic E-state index is -0.303. The van der Waals surface area contributed by atoms with Crippen molar-refractivity contribution >= 4 is 17.4 Å². The van der Waals surface area contributed by atoms with Gasteiger partial charge in [0.2, 0.25) is 0 Å². The Morgan fingerprint density at radius 2 is 2.00 bits per heavy atom. The van der Waals surface area contributed by atoms with Crippen LogP contribution in [0.15, 0.2) is 0 Å². The molecule has 1 fully saturated rings. The van der Waals surface area contributed by atoms with Gasteiger partial charge in [-0.1, -0.05) is 11.6 Å². The van der Waals surface area contributed by atoms with E-state index in [4.69, 9.17) is 21.1 Å². The van der Waals surface area contributed by atoms with Crippen molar-refractivity contribution in [3.05, 3.63) is 16.5 Å². The van der Waals surface area contributed by atoms with Gasteiger partial charge in [0, 0.05) is 25.7 Å². The van der Waals surface area contributed by atoms with Gasteiger partial charge in [-0.25, -0.2) is 9.97 Å². The highest BCUT2D eigenvalue weighted by atomic mass is 35.5. The molecule has 0 aliphatic heterocycles. The van der Waals surface area contributed by atoms with Crippen molar-refractivity contribution in [2.24, 2.45) is 0 Å². The van der Waals surface area contributed by atoms with Crippen LogP contribution in [0.2, 0.25) is 5.15 Å². The summed E-state index contributed by atoms with van der Waals surface area (Å²) in [4.78, 5) is 8.83. The van der Waals surface area contributed by atoms with E-state index in [-0.39, 0.29) is 6.29 Å². The van der Waals surface area contributed by atoms with E-state index in [1.54, 1.807) is 14.2 Å². The van der Waals surface area contributed by atoms with Crippen molar-refractivity contribution in [2.75, 3.05) is 26.1 Å². The molecule has 5 nitrogen and oxygen atoms in total. The monoisotopic (exact) mass is 271 g/mol. The van der Waals surface area contributed by atoms with Crippen LogP contribution in [-0.4, -0.2) is 37.0 Å². The molecule has 18 heavy (non-hydrogen) atoms. The maximum atomic E-state index is 6.12. The Balaban J connectivity index is 2.10. The number of aromatic nitrogens is 2. The van der Waals surface area contributed by atoms with Gasteiger partial charge in [-0.2, -0.15) is 0 Å². The molecule has 1 aliphatic carbocycles. The molecule has 2 rings (SSSR count). The van der Waals surface area contributed by atoms with E-state index >= 15 is 0 Å². The second-order valence-electron chi connectivity index (χ2n) is 4.40. The maximum absolute atomic E-state index is 6.12. The molecule has 1 heterocycles. The summed E-state index contributed by atoms with van der Waals surface area (Å²) in [5.74, 6) is 2.07. The number of anilines is 1. The van der Waals surface area contributed by atoms with Crippen molar-refractivity contribution in [1.29, 1.82) is 0 Å². The van der Waals surface area contributed by atoms with Crippen LogP contribution < -0.4 is 5.32 Å². The number of methoxy groups -OCH3 is 2. The fourth-order valence-corrected chi connectivity index (χ4v) is 1.82. The van der Waals surface area contributed by atoms with Gasteiger partial charge in [0.05, 0.1) is 6.54 Å². The van der Waals surface area contributed by atoms with E-state index < -0.39 is 0 Å². The molecular weight excluding hydrogens is 254 g/mol. The van der Waals surface area contributed by atoms with Crippen molar-refractivity contribution in [2.45, 2.75) is 32.0 Å². The molecule has 1 aromatic heterocycles. The summed E-state index contributed by atoms with van der Waals surface area (Å²) >= 11 is 6.12. The molecule has 0 atom stereocenters. The van der Waals surface area contributed by atoms with E-state index in [2.05, 4.69) is 15.3 Å². The van der Waals surface area contributed by atoms with Gasteiger partial charge in [-0.3, -0.25) is 0 Å². The average molecular weight is 272 g/mol. The molecule has 1 N–H and O–H groups in total. The third kappa shape index (κ3) is 3.10. The largest absolute Gasteiger partial charge is 0.365 e. The van der Waals surface area contributed by atoms with Crippen LogP contribution in [-0.2, 0) is 9.47 Å². The number of nitrogens with one attached hydrogen (secondary N) is 1. The zero-order valence-electron chi connectivity index (χ0n) is 10.9. The maximum Gasteiger partial charge on any atom is 0.173 e. The molecule has 0 aromatic carbocycles. The van der Waals surface area contributed by atoms with Crippen LogP contribution in [0, 0.1) is 6.92 Å². The summed E-state index contributed by atoms with van der Waals surface area (Å²) in [5, 5.41) is 3.71. The molecule has 1 saturated carbocycles. The first-order valence-corrected chi connectivity index (χ1v) is 6.37. The zero-order chi connectivity index (χ0) is 13.1. The number of hydrogen-bond acceptors (Lipinski definition) is 5. The molecule has 0 unspecified atom stereocenters. The van der Waals surface area contributed by atoms with E-state index in [1.807, 2.05) is 6.92 Å². The number of ether oxygens (including phenoxy) is 2. The second kappa shape index (κ2) is 5.82. The van der Waals surface area contributed by atoms with Crippen molar-refractivity contribution in [3.63, 3.8) is 0 Å². The Labute approximate surface area is 112 Å². The minimum Gasteiger partial charge on any atom is -0.365 e. The standard InChI is InChI=1S/C12H18ClN3O2/c1-7-10(13)15-12(8-4-5-8)16-11(7)14-6-9(17-2)18-3/h8-9H,4-6H2,1-3H3,(H,14,15,16). The van der Waals surface area contributed by atoms with Gasteiger partial charge >= 0.3 is 0 Å². The fourth-order valence-electron chi connectivity index (χ4n) is 1.64. The van der Waals surface area contributed by atoms with Crippen LogP contribution >= 0.6 is 11.6 Å². The van der Waals surface area contributed by atoms with Crippen LogP contribution in [0.25, 0.3) is 0 Å². The summed E-state index contributed by atoms with van der Waals surface area (Å²) < 4.78 is 10.2. The molecular formula is C12H18ClN3O2. The third-order valence-electron chi connectivity index (χ3n) is 3.01.